The van der Waals surface area contributed by atoms with E-state index >= 15 is 0 Å². The topological polar surface area (TPSA) is 93.5 Å². The van der Waals surface area contributed by atoms with Crippen molar-refractivity contribution < 1.29 is 13.2 Å². The van der Waals surface area contributed by atoms with Crippen molar-refractivity contribution in [1.82, 2.24) is 4.72 Å². The summed E-state index contributed by atoms with van der Waals surface area (Å²) in [4.78, 5) is 0.229. The molecule has 0 saturated carbocycles. The van der Waals surface area contributed by atoms with Crippen molar-refractivity contribution in [3.63, 3.8) is 0 Å². The lowest BCUT2D eigenvalue weighted by atomic mass is 10.3. The zero-order chi connectivity index (χ0) is 14.5. The second-order valence-corrected chi connectivity index (χ2v) is 6.13. The normalized spacial score (nSPS) is 11.3. The van der Waals surface area contributed by atoms with Crippen LogP contribution in [0, 0.1) is 0 Å². The number of hydrogen-bond acceptors (Lipinski definition) is 4. The Balaban J connectivity index is 2.74. The maximum atomic E-state index is 11.7. The molecule has 0 aromatic heterocycles. The van der Waals surface area contributed by atoms with E-state index in [-0.39, 0.29) is 17.6 Å². The Labute approximate surface area is 118 Å². The first-order valence-corrected chi connectivity index (χ1v) is 7.49. The maximum Gasteiger partial charge on any atom is 0.299 e. The van der Waals surface area contributed by atoms with Gasteiger partial charge in [0, 0.05) is 12.1 Å². The van der Waals surface area contributed by atoms with E-state index in [1.807, 2.05) is 0 Å². The number of anilines is 1. The van der Waals surface area contributed by atoms with Crippen molar-refractivity contribution in [3.05, 3.63) is 24.3 Å². The van der Waals surface area contributed by atoms with Gasteiger partial charge in [0.15, 0.2) is 0 Å². The molecule has 0 aliphatic rings. The molecule has 8 heteroatoms. The summed E-state index contributed by atoms with van der Waals surface area (Å²) < 4.78 is 33.5. The first-order chi connectivity index (χ1) is 8.78. The maximum absolute atomic E-state index is 11.7. The van der Waals surface area contributed by atoms with E-state index in [2.05, 4.69) is 9.44 Å². The minimum absolute atomic E-state index is 0.107. The van der Waals surface area contributed by atoms with Crippen molar-refractivity contribution in [2.45, 2.75) is 19.9 Å². The van der Waals surface area contributed by atoms with Gasteiger partial charge in [0.25, 0.3) is 10.2 Å². The van der Waals surface area contributed by atoms with Crippen LogP contribution in [0.1, 0.15) is 13.8 Å². The summed E-state index contributed by atoms with van der Waals surface area (Å²) in [7, 11) is -3.59. The third-order valence-corrected chi connectivity index (χ3v) is 3.26. The lowest BCUT2D eigenvalue weighted by Crippen LogP contribution is -2.35. The van der Waals surface area contributed by atoms with Crippen LogP contribution in [-0.4, -0.2) is 26.1 Å². The van der Waals surface area contributed by atoms with E-state index in [1.165, 1.54) is 0 Å². The second-order valence-electron chi connectivity index (χ2n) is 4.16. The summed E-state index contributed by atoms with van der Waals surface area (Å²) in [6.07, 6.45) is 0. The number of thiocarbonyl (C=S) groups is 1. The van der Waals surface area contributed by atoms with Crippen molar-refractivity contribution in [3.8, 4) is 5.75 Å². The first kappa shape index (κ1) is 15.7. The van der Waals surface area contributed by atoms with Crippen LogP contribution in [0.4, 0.5) is 5.69 Å². The van der Waals surface area contributed by atoms with Gasteiger partial charge in [-0.1, -0.05) is 18.3 Å². The van der Waals surface area contributed by atoms with E-state index in [9.17, 15) is 8.42 Å². The van der Waals surface area contributed by atoms with Crippen LogP contribution in [0.15, 0.2) is 24.3 Å². The molecule has 0 radical (unpaired) electrons. The number of rotatable bonds is 7. The molecule has 0 atom stereocenters. The lowest BCUT2D eigenvalue weighted by molar-refractivity contribution is 0.378. The first-order valence-electron chi connectivity index (χ1n) is 5.60. The summed E-state index contributed by atoms with van der Waals surface area (Å²) in [5, 5.41) is 0. The average molecular weight is 303 g/mol. The molecule has 0 unspecified atom stereocenters. The highest BCUT2D eigenvalue weighted by atomic mass is 32.2. The highest BCUT2D eigenvalue weighted by Gasteiger charge is 2.11. The van der Waals surface area contributed by atoms with Crippen LogP contribution < -0.4 is 19.9 Å². The molecule has 6 nitrogen and oxygen atoms in total. The molecule has 0 heterocycles. The molecule has 4 N–H and O–H groups in total. The van der Waals surface area contributed by atoms with Crippen molar-refractivity contribution >= 4 is 33.1 Å². The van der Waals surface area contributed by atoms with Gasteiger partial charge in [0.1, 0.15) is 17.3 Å². The third-order valence-electron chi connectivity index (χ3n) is 1.86. The van der Waals surface area contributed by atoms with Crippen molar-refractivity contribution in [1.29, 1.82) is 0 Å². The molecule has 106 valence electrons. The number of nitrogens with one attached hydrogen (secondary N) is 2. The Kier molecular flexibility index (Phi) is 5.52. The van der Waals surface area contributed by atoms with Gasteiger partial charge in [-0.3, -0.25) is 4.72 Å². The number of ether oxygens (including phenoxy) is 1. The van der Waals surface area contributed by atoms with E-state index in [0.717, 1.165) is 0 Å². The predicted molar refractivity (Wildman–Crippen MR) is 79.5 cm³/mol. The molecule has 19 heavy (non-hydrogen) atoms. The third kappa shape index (κ3) is 6.37. The Hall–Kier alpha value is -1.38. The van der Waals surface area contributed by atoms with E-state index in [1.54, 1.807) is 38.1 Å². The van der Waals surface area contributed by atoms with Crippen molar-refractivity contribution in [2.24, 2.45) is 5.73 Å². The molecule has 0 saturated heterocycles. The van der Waals surface area contributed by atoms with Gasteiger partial charge in [0.2, 0.25) is 0 Å². The summed E-state index contributed by atoms with van der Waals surface area (Å²) in [6.45, 7) is 3.58. The largest absolute Gasteiger partial charge is 0.486 e. The quantitative estimate of drug-likeness (QED) is 0.654. The van der Waals surface area contributed by atoms with Crippen LogP contribution in [0.25, 0.3) is 0 Å². The molecular formula is C11H17N3O3S2. The molecule has 0 bridgehead atoms. The van der Waals surface area contributed by atoms with Gasteiger partial charge in [-0.2, -0.15) is 13.1 Å². The van der Waals surface area contributed by atoms with Crippen LogP contribution in [0.2, 0.25) is 0 Å². The van der Waals surface area contributed by atoms with Gasteiger partial charge in [-0.25, -0.2) is 0 Å². The van der Waals surface area contributed by atoms with E-state index in [4.69, 9.17) is 22.7 Å². The van der Waals surface area contributed by atoms with Crippen LogP contribution >= 0.6 is 12.2 Å². The van der Waals surface area contributed by atoms with Crippen LogP contribution in [0.5, 0.6) is 5.75 Å². The highest BCUT2D eigenvalue weighted by Crippen LogP contribution is 2.18. The Morgan fingerprint density at radius 3 is 2.74 bits per heavy atom. The van der Waals surface area contributed by atoms with E-state index < -0.39 is 10.2 Å². The minimum atomic E-state index is -3.59. The fraction of sp³-hybridized carbons (Fsp3) is 0.364. The SMILES string of the molecule is CC(C)NS(=O)(=O)Nc1cccc(OCC(N)=S)c1. The molecule has 1 rings (SSSR count). The summed E-state index contributed by atoms with van der Waals surface area (Å²) in [6, 6.07) is 6.34. The lowest BCUT2D eigenvalue weighted by Gasteiger charge is -2.12. The summed E-state index contributed by atoms with van der Waals surface area (Å²) in [5.74, 6) is 0.484. The molecular weight excluding hydrogens is 286 g/mol. The molecule has 0 fully saturated rings. The number of nitrogens with two attached hydrogens (primary N) is 1. The van der Waals surface area contributed by atoms with Gasteiger partial charge >= 0.3 is 0 Å². The minimum Gasteiger partial charge on any atom is -0.486 e. The zero-order valence-corrected chi connectivity index (χ0v) is 12.3. The standard InChI is InChI=1S/C11H17N3O3S2/c1-8(2)13-19(15,16)14-9-4-3-5-10(6-9)17-7-11(12)18/h3-6,8,13-14H,7H2,1-2H3,(H2,12,18). The Morgan fingerprint density at radius 2 is 2.16 bits per heavy atom. The zero-order valence-electron chi connectivity index (χ0n) is 10.7. The van der Waals surface area contributed by atoms with Gasteiger partial charge in [-0.05, 0) is 26.0 Å². The second kappa shape index (κ2) is 6.69. The molecule has 0 spiro atoms. The number of hydrogen-bond donors (Lipinski definition) is 3. The highest BCUT2D eigenvalue weighted by molar-refractivity contribution is 7.90. The molecule has 0 aliphatic carbocycles. The number of benzene rings is 1. The van der Waals surface area contributed by atoms with Crippen LogP contribution in [0.3, 0.4) is 0 Å². The average Bonchev–Trinajstić information content (AvgIpc) is 2.24. The van der Waals surface area contributed by atoms with Gasteiger partial charge in [-0.15, -0.1) is 0 Å². The fourth-order valence-corrected chi connectivity index (χ4v) is 2.47. The Morgan fingerprint density at radius 1 is 1.47 bits per heavy atom. The molecule has 0 amide bonds. The molecule has 0 aliphatic heterocycles. The predicted octanol–water partition coefficient (Wildman–Crippen LogP) is 1.01. The Bertz CT molecular complexity index is 544. The summed E-state index contributed by atoms with van der Waals surface area (Å²) in [5.41, 5.74) is 5.72. The van der Waals surface area contributed by atoms with Crippen LogP contribution in [-0.2, 0) is 10.2 Å². The molecule has 1 aromatic rings. The van der Waals surface area contributed by atoms with Crippen molar-refractivity contribution in [2.75, 3.05) is 11.3 Å². The van der Waals surface area contributed by atoms with E-state index in [0.29, 0.717) is 11.4 Å². The van der Waals surface area contributed by atoms with Gasteiger partial charge < -0.3 is 10.5 Å². The molecule has 1 aromatic carbocycles. The van der Waals surface area contributed by atoms with Gasteiger partial charge in [0.05, 0.1) is 5.69 Å². The monoisotopic (exact) mass is 303 g/mol. The smallest absolute Gasteiger partial charge is 0.299 e. The summed E-state index contributed by atoms with van der Waals surface area (Å²) >= 11 is 4.69. The fourth-order valence-electron chi connectivity index (χ4n) is 1.30.